The Bertz CT molecular complexity index is 512. The molecule has 4 nitrogen and oxygen atoms in total. The van der Waals surface area contributed by atoms with Crippen LogP contribution >= 0.6 is 0 Å². The number of benzene rings is 1. The summed E-state index contributed by atoms with van der Waals surface area (Å²) in [5.74, 6) is -0.581. The summed E-state index contributed by atoms with van der Waals surface area (Å²) in [6, 6.07) is 6.24. The van der Waals surface area contributed by atoms with Crippen molar-refractivity contribution in [2.45, 2.75) is 39.2 Å². The van der Waals surface area contributed by atoms with Gasteiger partial charge in [0.05, 0.1) is 12.7 Å². The molecule has 0 amide bonds. The minimum Gasteiger partial charge on any atom is -0.507 e. The van der Waals surface area contributed by atoms with Gasteiger partial charge >= 0.3 is 5.97 Å². The van der Waals surface area contributed by atoms with Gasteiger partial charge in [-0.05, 0) is 45.7 Å². The monoisotopic (exact) mass is 306 g/mol. The van der Waals surface area contributed by atoms with Crippen molar-refractivity contribution in [3.63, 3.8) is 0 Å². The van der Waals surface area contributed by atoms with Gasteiger partial charge in [-0.2, -0.15) is 0 Å². The summed E-state index contributed by atoms with van der Waals surface area (Å²) in [7, 11) is 1.27. The van der Waals surface area contributed by atoms with Crippen LogP contribution in [0.4, 0.5) is 0 Å². The molecule has 0 aromatic heterocycles. The van der Waals surface area contributed by atoms with Crippen molar-refractivity contribution in [1.82, 2.24) is 0 Å². The van der Waals surface area contributed by atoms with E-state index in [2.05, 4.69) is 31.2 Å². The molecular weight excluding hydrogens is 280 g/mol. The number of phenols is 1. The Kier molecular flexibility index (Phi) is 8.87. The Morgan fingerprint density at radius 1 is 1.36 bits per heavy atom. The summed E-state index contributed by atoms with van der Waals surface area (Å²) in [6.07, 6.45) is 5.38. The molecule has 0 spiro atoms. The number of carbonyl (C=O) groups is 1. The quantitative estimate of drug-likeness (QED) is 0.640. The molecule has 122 valence electrons. The third-order valence-electron chi connectivity index (χ3n) is 2.95. The van der Waals surface area contributed by atoms with Crippen molar-refractivity contribution in [2.24, 2.45) is 0 Å². The molecule has 0 aliphatic carbocycles. The van der Waals surface area contributed by atoms with Crippen LogP contribution < -0.4 is 0 Å². The first-order valence-electron chi connectivity index (χ1n) is 7.09. The van der Waals surface area contributed by atoms with Crippen molar-refractivity contribution >= 4 is 5.97 Å². The number of methoxy groups -OCH3 is 1. The summed E-state index contributed by atoms with van der Waals surface area (Å²) >= 11 is 0. The Balaban J connectivity index is 0.000000401. The molecule has 1 unspecified atom stereocenters. The highest BCUT2D eigenvalue weighted by molar-refractivity contribution is 5.92. The summed E-state index contributed by atoms with van der Waals surface area (Å²) in [5.41, 5.74) is 0.784. The third-order valence-corrected chi connectivity index (χ3v) is 2.95. The zero-order valence-corrected chi connectivity index (χ0v) is 13.8. The minimum atomic E-state index is -0.702. The van der Waals surface area contributed by atoms with E-state index in [1.807, 2.05) is 0 Å². The molecule has 0 radical (unpaired) electrons. The highest BCUT2D eigenvalue weighted by atomic mass is 16.5. The molecule has 1 rings (SSSR count). The summed E-state index contributed by atoms with van der Waals surface area (Å²) < 4.78 is 4.42. The van der Waals surface area contributed by atoms with E-state index < -0.39 is 11.6 Å². The van der Waals surface area contributed by atoms with Gasteiger partial charge in [-0.15, -0.1) is 6.58 Å². The number of rotatable bonds is 5. The lowest BCUT2D eigenvalue weighted by Gasteiger charge is -2.16. The van der Waals surface area contributed by atoms with Crippen LogP contribution in [0.25, 0.3) is 0 Å². The van der Waals surface area contributed by atoms with E-state index in [9.17, 15) is 9.90 Å². The van der Waals surface area contributed by atoms with Gasteiger partial charge in [0.2, 0.25) is 0 Å². The minimum absolute atomic E-state index is 0.0562. The standard InChI is InChI=1S/C10H18O.C8H8O3/c1-5-10(4,11)8-6-7-9(2)3;1-11-8(10)6-4-2-3-5-7(6)9/h5,7,11H,1,6,8H2,2-4H3;2-5,9H,1H3. The number of esters is 1. The number of para-hydroxylation sites is 1. The maximum absolute atomic E-state index is 10.9. The van der Waals surface area contributed by atoms with Crippen LogP contribution in [0.3, 0.4) is 0 Å². The molecule has 0 saturated heterocycles. The van der Waals surface area contributed by atoms with Crippen molar-refractivity contribution in [1.29, 1.82) is 0 Å². The van der Waals surface area contributed by atoms with Gasteiger partial charge in [0.1, 0.15) is 11.3 Å². The molecule has 1 aromatic rings. The van der Waals surface area contributed by atoms with E-state index in [0.29, 0.717) is 0 Å². The lowest BCUT2D eigenvalue weighted by Crippen LogP contribution is -2.19. The summed E-state index contributed by atoms with van der Waals surface area (Å²) in [4.78, 5) is 10.9. The van der Waals surface area contributed by atoms with E-state index in [1.165, 1.54) is 24.8 Å². The third kappa shape index (κ3) is 8.27. The lowest BCUT2D eigenvalue weighted by molar-refractivity contribution is 0.0597. The molecule has 4 heteroatoms. The summed E-state index contributed by atoms with van der Waals surface area (Å²) in [5, 5.41) is 18.6. The highest BCUT2D eigenvalue weighted by Gasteiger charge is 2.12. The first kappa shape index (κ1) is 19.9. The van der Waals surface area contributed by atoms with Gasteiger partial charge in [-0.25, -0.2) is 4.79 Å². The van der Waals surface area contributed by atoms with Crippen LogP contribution in [-0.2, 0) is 4.74 Å². The number of aromatic hydroxyl groups is 1. The molecule has 0 saturated carbocycles. The first-order chi connectivity index (χ1) is 10.2. The van der Waals surface area contributed by atoms with E-state index in [0.717, 1.165) is 12.8 Å². The summed E-state index contributed by atoms with van der Waals surface area (Å²) in [6.45, 7) is 9.45. The van der Waals surface area contributed by atoms with E-state index in [-0.39, 0.29) is 11.3 Å². The maximum atomic E-state index is 10.9. The van der Waals surface area contributed by atoms with Crippen LogP contribution in [0.5, 0.6) is 5.75 Å². The molecule has 0 aliphatic rings. The SMILES string of the molecule is C=CC(C)(O)CCC=C(C)C.COC(=O)c1ccccc1O. The normalized spacial score (nSPS) is 12.2. The van der Waals surface area contributed by atoms with Gasteiger partial charge in [-0.3, -0.25) is 0 Å². The zero-order valence-electron chi connectivity index (χ0n) is 13.8. The topological polar surface area (TPSA) is 66.8 Å². The molecule has 0 aliphatic heterocycles. The van der Waals surface area contributed by atoms with E-state index >= 15 is 0 Å². The number of hydrogen-bond donors (Lipinski definition) is 2. The number of ether oxygens (including phenoxy) is 1. The highest BCUT2D eigenvalue weighted by Crippen LogP contribution is 2.15. The van der Waals surface area contributed by atoms with Gasteiger partial charge in [-0.1, -0.05) is 29.9 Å². The van der Waals surface area contributed by atoms with Crippen LogP contribution in [-0.4, -0.2) is 28.9 Å². The zero-order chi connectivity index (χ0) is 17.2. The molecule has 0 bridgehead atoms. The van der Waals surface area contributed by atoms with Gasteiger partial charge in [0.25, 0.3) is 0 Å². The van der Waals surface area contributed by atoms with Gasteiger partial charge < -0.3 is 14.9 Å². The van der Waals surface area contributed by atoms with Crippen molar-refractivity contribution < 1.29 is 19.7 Å². The first-order valence-corrected chi connectivity index (χ1v) is 7.09. The number of carbonyl (C=O) groups excluding carboxylic acids is 1. The molecular formula is C18H26O4. The predicted octanol–water partition coefficient (Wildman–Crippen LogP) is 3.85. The largest absolute Gasteiger partial charge is 0.507 e. The number of hydrogen-bond acceptors (Lipinski definition) is 4. The van der Waals surface area contributed by atoms with Crippen LogP contribution in [0, 0.1) is 0 Å². The number of phenolic OH excluding ortho intramolecular Hbond substituents is 1. The Hall–Kier alpha value is -2.07. The van der Waals surface area contributed by atoms with E-state index in [4.69, 9.17) is 5.11 Å². The van der Waals surface area contributed by atoms with Gasteiger partial charge in [0.15, 0.2) is 0 Å². The maximum Gasteiger partial charge on any atom is 0.341 e. The predicted molar refractivity (Wildman–Crippen MR) is 88.9 cm³/mol. The van der Waals surface area contributed by atoms with Crippen LogP contribution in [0.15, 0.2) is 48.6 Å². The van der Waals surface area contributed by atoms with Crippen LogP contribution in [0.2, 0.25) is 0 Å². The van der Waals surface area contributed by atoms with Crippen molar-refractivity contribution in [3.05, 3.63) is 54.1 Å². The second kappa shape index (κ2) is 9.79. The smallest absolute Gasteiger partial charge is 0.341 e. The lowest BCUT2D eigenvalue weighted by atomic mass is 10.00. The fourth-order valence-corrected chi connectivity index (χ4v) is 1.51. The fourth-order valence-electron chi connectivity index (χ4n) is 1.51. The van der Waals surface area contributed by atoms with Crippen molar-refractivity contribution in [3.8, 4) is 5.75 Å². The van der Waals surface area contributed by atoms with E-state index in [1.54, 1.807) is 25.1 Å². The number of allylic oxidation sites excluding steroid dienone is 2. The molecule has 2 N–H and O–H groups in total. The van der Waals surface area contributed by atoms with Gasteiger partial charge in [0, 0.05) is 0 Å². The molecule has 1 atom stereocenters. The molecule has 0 fully saturated rings. The molecule has 1 aromatic carbocycles. The second-order valence-electron chi connectivity index (χ2n) is 5.39. The Morgan fingerprint density at radius 3 is 2.41 bits per heavy atom. The van der Waals surface area contributed by atoms with Crippen molar-refractivity contribution in [2.75, 3.05) is 7.11 Å². The Labute approximate surface area is 132 Å². The van der Waals surface area contributed by atoms with Crippen LogP contribution in [0.1, 0.15) is 44.0 Å². The Morgan fingerprint density at radius 2 is 1.95 bits per heavy atom. The second-order valence-corrected chi connectivity index (χ2v) is 5.39. The molecule has 22 heavy (non-hydrogen) atoms. The average molecular weight is 306 g/mol. The molecule has 0 heterocycles. The number of aliphatic hydroxyl groups is 1. The average Bonchev–Trinajstić information content (AvgIpc) is 2.47. The fraction of sp³-hybridized carbons (Fsp3) is 0.389.